The minimum Gasteiger partial charge on any atom is -0.497 e. The third kappa shape index (κ3) is 5.79. The SMILES string of the molecule is CCOC(=O)c1nnn(Cc2ccc(OC)cc2)c1SC1CCN(c2cc(Cl)ccc2Cl)CC1. The number of rotatable bonds is 8. The van der Waals surface area contributed by atoms with E-state index in [2.05, 4.69) is 15.2 Å². The number of halogens is 2. The first kappa shape index (κ1) is 24.7. The first-order valence-electron chi connectivity index (χ1n) is 11.1. The molecule has 0 radical (unpaired) electrons. The van der Waals surface area contributed by atoms with Gasteiger partial charge in [-0.05, 0) is 55.7 Å². The summed E-state index contributed by atoms with van der Waals surface area (Å²) in [6.07, 6.45) is 1.84. The van der Waals surface area contributed by atoms with Crippen LogP contribution in [0.25, 0.3) is 0 Å². The van der Waals surface area contributed by atoms with E-state index in [4.69, 9.17) is 32.7 Å². The fraction of sp³-hybridized carbons (Fsp3) is 0.375. The molecule has 0 unspecified atom stereocenters. The van der Waals surface area contributed by atoms with Crippen molar-refractivity contribution in [3.05, 3.63) is 63.8 Å². The quantitative estimate of drug-likeness (QED) is 0.359. The van der Waals surface area contributed by atoms with Crippen LogP contribution in [0.15, 0.2) is 47.5 Å². The van der Waals surface area contributed by atoms with Crippen LogP contribution in [0.3, 0.4) is 0 Å². The monoisotopic (exact) mass is 520 g/mol. The summed E-state index contributed by atoms with van der Waals surface area (Å²) in [6, 6.07) is 13.3. The molecule has 1 aliphatic rings. The van der Waals surface area contributed by atoms with Crippen LogP contribution in [0.2, 0.25) is 10.0 Å². The molecule has 2 heterocycles. The first-order valence-corrected chi connectivity index (χ1v) is 12.7. The lowest BCUT2D eigenvalue weighted by Crippen LogP contribution is -2.35. The largest absolute Gasteiger partial charge is 0.497 e. The van der Waals surface area contributed by atoms with Crippen LogP contribution in [0.5, 0.6) is 5.75 Å². The summed E-state index contributed by atoms with van der Waals surface area (Å²) < 4.78 is 12.2. The van der Waals surface area contributed by atoms with E-state index in [9.17, 15) is 4.79 Å². The van der Waals surface area contributed by atoms with Crippen molar-refractivity contribution in [3.63, 3.8) is 0 Å². The molecule has 3 aromatic rings. The number of carbonyl (C=O) groups is 1. The predicted octanol–water partition coefficient (Wildman–Crippen LogP) is 5.58. The topological polar surface area (TPSA) is 69.5 Å². The average Bonchev–Trinajstić information content (AvgIpc) is 3.24. The highest BCUT2D eigenvalue weighted by Gasteiger charge is 2.28. The minimum atomic E-state index is -0.450. The van der Waals surface area contributed by atoms with Gasteiger partial charge in [0.2, 0.25) is 5.69 Å². The number of ether oxygens (including phenoxy) is 2. The number of thioether (sulfide) groups is 1. The molecule has 34 heavy (non-hydrogen) atoms. The first-order chi connectivity index (χ1) is 16.5. The Kier molecular flexibility index (Phi) is 8.24. The Hall–Kier alpha value is -2.42. The zero-order valence-electron chi connectivity index (χ0n) is 19.0. The molecule has 1 aromatic heterocycles. The second-order valence-corrected chi connectivity index (χ2v) is 10.0. The molecule has 0 amide bonds. The molecule has 1 aliphatic heterocycles. The molecule has 2 aromatic carbocycles. The van der Waals surface area contributed by atoms with Gasteiger partial charge in [-0.3, -0.25) is 0 Å². The number of piperidine rings is 1. The van der Waals surface area contributed by atoms with Gasteiger partial charge in [0.15, 0.2) is 0 Å². The Bertz CT molecular complexity index is 1130. The van der Waals surface area contributed by atoms with E-state index < -0.39 is 5.97 Å². The number of hydrogen-bond acceptors (Lipinski definition) is 7. The zero-order valence-corrected chi connectivity index (χ0v) is 21.4. The molecule has 4 rings (SSSR count). The zero-order chi connectivity index (χ0) is 24.1. The van der Waals surface area contributed by atoms with Crippen LogP contribution >= 0.6 is 35.0 Å². The highest BCUT2D eigenvalue weighted by atomic mass is 35.5. The summed E-state index contributed by atoms with van der Waals surface area (Å²) in [6.45, 7) is 4.24. The molecule has 10 heteroatoms. The second-order valence-electron chi connectivity index (χ2n) is 7.87. The van der Waals surface area contributed by atoms with Crippen molar-refractivity contribution in [2.75, 3.05) is 31.7 Å². The maximum atomic E-state index is 12.6. The van der Waals surface area contributed by atoms with Crippen molar-refractivity contribution in [2.24, 2.45) is 0 Å². The van der Waals surface area contributed by atoms with Crippen LogP contribution in [0.1, 0.15) is 35.8 Å². The van der Waals surface area contributed by atoms with E-state index in [0.717, 1.165) is 48.0 Å². The van der Waals surface area contributed by atoms with Crippen molar-refractivity contribution in [2.45, 2.75) is 36.6 Å². The number of anilines is 1. The standard InChI is InChI=1S/C24H26Cl2N4O3S/c1-3-33-24(31)22-23(30(28-27-22)15-16-4-7-18(32-2)8-5-16)34-19-10-12-29(13-11-19)21-14-17(25)6-9-20(21)26/h4-9,14,19H,3,10-13,15H2,1-2H3. The fourth-order valence-corrected chi connectivity index (χ4v) is 5.48. The highest BCUT2D eigenvalue weighted by molar-refractivity contribution is 8.00. The van der Waals surface area contributed by atoms with Crippen molar-refractivity contribution < 1.29 is 14.3 Å². The molecule has 0 atom stereocenters. The lowest BCUT2D eigenvalue weighted by molar-refractivity contribution is 0.0515. The van der Waals surface area contributed by atoms with E-state index in [-0.39, 0.29) is 12.3 Å². The van der Waals surface area contributed by atoms with Crippen LogP contribution < -0.4 is 9.64 Å². The van der Waals surface area contributed by atoms with E-state index in [1.807, 2.05) is 36.4 Å². The number of carbonyl (C=O) groups excluding carboxylic acids is 1. The van der Waals surface area contributed by atoms with E-state index >= 15 is 0 Å². The summed E-state index contributed by atoms with van der Waals surface area (Å²) in [5.41, 5.74) is 2.25. The van der Waals surface area contributed by atoms with E-state index in [0.29, 0.717) is 21.8 Å². The molecule has 0 bridgehead atoms. The molecule has 7 nitrogen and oxygen atoms in total. The molecule has 0 saturated carbocycles. The summed E-state index contributed by atoms with van der Waals surface area (Å²) in [5.74, 6) is 0.338. The molecule has 1 saturated heterocycles. The maximum absolute atomic E-state index is 12.6. The van der Waals surface area contributed by atoms with Crippen molar-refractivity contribution in [3.8, 4) is 5.75 Å². The number of nitrogens with zero attached hydrogens (tertiary/aromatic N) is 4. The molecular formula is C24H26Cl2N4O3S. The number of hydrogen-bond donors (Lipinski definition) is 0. The van der Waals surface area contributed by atoms with Crippen LogP contribution in [0.4, 0.5) is 5.69 Å². The Morgan fingerprint density at radius 2 is 1.88 bits per heavy atom. The number of aromatic nitrogens is 3. The van der Waals surface area contributed by atoms with Gasteiger partial charge in [0.05, 0.1) is 31.0 Å². The number of benzene rings is 2. The number of esters is 1. The normalized spacial score (nSPS) is 14.3. The summed E-state index contributed by atoms with van der Waals surface area (Å²) in [7, 11) is 1.64. The van der Waals surface area contributed by atoms with Crippen LogP contribution in [-0.4, -0.2) is 53.0 Å². The second kappa shape index (κ2) is 11.3. The van der Waals surface area contributed by atoms with Crippen LogP contribution in [-0.2, 0) is 11.3 Å². The lowest BCUT2D eigenvalue weighted by atomic mass is 10.1. The molecule has 0 spiro atoms. The molecule has 1 fully saturated rings. The third-order valence-electron chi connectivity index (χ3n) is 5.62. The highest BCUT2D eigenvalue weighted by Crippen LogP contribution is 2.36. The van der Waals surface area contributed by atoms with Crippen molar-refractivity contribution in [1.29, 1.82) is 0 Å². The fourth-order valence-electron chi connectivity index (χ4n) is 3.86. The van der Waals surface area contributed by atoms with Gasteiger partial charge >= 0.3 is 5.97 Å². The number of methoxy groups -OCH3 is 1. The van der Waals surface area contributed by atoms with Crippen LogP contribution in [0, 0.1) is 0 Å². The van der Waals surface area contributed by atoms with Gasteiger partial charge < -0.3 is 14.4 Å². The summed E-state index contributed by atoms with van der Waals surface area (Å²) in [4.78, 5) is 14.8. The van der Waals surface area contributed by atoms with Gasteiger partial charge in [0.25, 0.3) is 0 Å². The van der Waals surface area contributed by atoms with Gasteiger partial charge in [-0.1, -0.05) is 40.5 Å². The van der Waals surface area contributed by atoms with Crippen molar-refractivity contribution >= 4 is 46.6 Å². The van der Waals surface area contributed by atoms with Gasteiger partial charge in [0, 0.05) is 23.4 Å². The Morgan fingerprint density at radius 1 is 1.15 bits per heavy atom. The van der Waals surface area contributed by atoms with Gasteiger partial charge in [0.1, 0.15) is 10.8 Å². The Morgan fingerprint density at radius 3 is 2.56 bits per heavy atom. The third-order valence-corrected chi connectivity index (χ3v) is 7.61. The van der Waals surface area contributed by atoms with Gasteiger partial charge in [-0.25, -0.2) is 9.48 Å². The van der Waals surface area contributed by atoms with Gasteiger partial charge in [-0.2, -0.15) is 0 Å². The summed E-state index contributed by atoms with van der Waals surface area (Å²) in [5, 5.41) is 10.8. The molecule has 180 valence electrons. The van der Waals surface area contributed by atoms with Gasteiger partial charge in [-0.15, -0.1) is 16.9 Å². The summed E-state index contributed by atoms with van der Waals surface area (Å²) >= 11 is 14.2. The molecular weight excluding hydrogens is 495 g/mol. The lowest BCUT2D eigenvalue weighted by Gasteiger charge is -2.34. The smallest absolute Gasteiger partial charge is 0.361 e. The molecule has 0 N–H and O–H groups in total. The average molecular weight is 521 g/mol. The Balaban J connectivity index is 1.50. The Labute approximate surface area is 213 Å². The van der Waals surface area contributed by atoms with E-state index in [1.165, 1.54) is 0 Å². The van der Waals surface area contributed by atoms with Crippen molar-refractivity contribution in [1.82, 2.24) is 15.0 Å². The van der Waals surface area contributed by atoms with E-state index in [1.54, 1.807) is 36.5 Å². The minimum absolute atomic E-state index is 0.265. The maximum Gasteiger partial charge on any atom is 0.361 e. The predicted molar refractivity (Wildman–Crippen MR) is 136 cm³/mol. The molecule has 0 aliphatic carbocycles.